The molecule has 154 valence electrons. The summed E-state index contributed by atoms with van der Waals surface area (Å²) in [4.78, 5) is 18.3. The van der Waals surface area contributed by atoms with Crippen LogP contribution in [0.5, 0.6) is 0 Å². The molecule has 2 saturated heterocycles. The Kier molecular flexibility index (Phi) is 4.44. The lowest BCUT2D eigenvalue weighted by Gasteiger charge is -2.52. The zero-order valence-electron chi connectivity index (χ0n) is 17.4. The molecule has 1 aromatic rings. The predicted molar refractivity (Wildman–Crippen MR) is 117 cm³/mol. The fourth-order valence-electron chi connectivity index (χ4n) is 7.15. The van der Waals surface area contributed by atoms with E-state index in [4.69, 9.17) is 0 Å². The molecule has 0 radical (unpaired) electrons. The Hall–Kier alpha value is -1.81. The van der Waals surface area contributed by atoms with Crippen molar-refractivity contribution in [2.24, 2.45) is 0 Å². The van der Waals surface area contributed by atoms with Crippen molar-refractivity contribution in [1.29, 1.82) is 0 Å². The van der Waals surface area contributed by atoms with Crippen LogP contribution in [-0.2, 0) is 4.79 Å². The first kappa shape index (κ1) is 18.0. The second-order valence-corrected chi connectivity index (χ2v) is 9.95. The van der Waals surface area contributed by atoms with Gasteiger partial charge < -0.3 is 10.2 Å². The highest BCUT2D eigenvalue weighted by molar-refractivity contribution is 5.99. The molecule has 5 heterocycles. The van der Waals surface area contributed by atoms with Gasteiger partial charge in [-0.3, -0.25) is 9.69 Å². The fraction of sp³-hybridized carbons (Fsp3) is 0.640. The molecule has 0 aromatic heterocycles. The first-order valence-electron chi connectivity index (χ1n) is 11.9. The third-order valence-electron chi connectivity index (χ3n) is 8.22. The molecule has 3 atom stereocenters. The van der Waals surface area contributed by atoms with Crippen LogP contribution in [-0.4, -0.2) is 35.0 Å². The van der Waals surface area contributed by atoms with Crippen LogP contribution in [0.15, 0.2) is 35.5 Å². The Bertz CT molecular complexity index is 820. The van der Waals surface area contributed by atoms with Crippen molar-refractivity contribution in [1.82, 2.24) is 4.90 Å². The molecular weight excluding hydrogens is 358 g/mol. The third-order valence-corrected chi connectivity index (χ3v) is 8.22. The van der Waals surface area contributed by atoms with E-state index < -0.39 is 0 Å². The van der Waals surface area contributed by atoms with Gasteiger partial charge in [0.2, 0.25) is 5.91 Å². The van der Waals surface area contributed by atoms with E-state index in [2.05, 4.69) is 33.3 Å². The van der Waals surface area contributed by atoms with Gasteiger partial charge in [0, 0.05) is 29.9 Å². The Morgan fingerprint density at radius 2 is 1.52 bits per heavy atom. The maximum Gasteiger partial charge on any atom is 0.230 e. The molecule has 4 heteroatoms. The predicted octanol–water partition coefficient (Wildman–Crippen LogP) is 5.21. The molecule has 6 aliphatic rings. The van der Waals surface area contributed by atoms with Crippen molar-refractivity contribution < 1.29 is 4.79 Å². The van der Waals surface area contributed by atoms with Gasteiger partial charge in [-0.05, 0) is 56.2 Å². The summed E-state index contributed by atoms with van der Waals surface area (Å²) in [5.74, 6) is 0.153. The van der Waals surface area contributed by atoms with E-state index in [1.54, 1.807) is 5.57 Å². The van der Waals surface area contributed by atoms with Crippen molar-refractivity contribution in [2.75, 3.05) is 10.2 Å². The summed E-state index contributed by atoms with van der Waals surface area (Å²) < 4.78 is 0. The van der Waals surface area contributed by atoms with Gasteiger partial charge in [0.05, 0.1) is 17.8 Å². The number of carbonyl (C=O) groups is 1. The molecule has 1 amide bonds. The standard InChI is InChI=1S/C25H33N3O/c29-25-16-24-17-12-19-14-21(28(24)23-11-7-6-10-22(23)26-25)15-20(13-17)27(19)18-8-4-2-1-3-5-9-18/h6-7,10-11,18-21H,1-5,8-9,12-16H2,(H,26,29)/t19-,20+,21?. The third kappa shape index (κ3) is 3.02. The second-order valence-electron chi connectivity index (χ2n) is 9.95. The van der Waals surface area contributed by atoms with Gasteiger partial charge in [0.1, 0.15) is 0 Å². The first-order valence-corrected chi connectivity index (χ1v) is 11.9. The van der Waals surface area contributed by atoms with E-state index in [0.29, 0.717) is 24.5 Å². The maximum absolute atomic E-state index is 12.7. The smallest absolute Gasteiger partial charge is 0.230 e. The van der Waals surface area contributed by atoms with Gasteiger partial charge in [-0.1, -0.05) is 44.2 Å². The molecule has 1 saturated carbocycles. The molecule has 3 fully saturated rings. The van der Waals surface area contributed by atoms with E-state index >= 15 is 0 Å². The number of amides is 1. The van der Waals surface area contributed by atoms with Crippen LogP contribution in [0.4, 0.5) is 11.4 Å². The van der Waals surface area contributed by atoms with Crippen LogP contribution >= 0.6 is 0 Å². The number of nitrogens with one attached hydrogen (secondary N) is 1. The average molecular weight is 392 g/mol. The minimum atomic E-state index is 0.153. The largest absolute Gasteiger partial charge is 0.340 e. The van der Waals surface area contributed by atoms with Crippen LogP contribution in [0.25, 0.3) is 0 Å². The molecule has 0 spiro atoms. The fourth-order valence-corrected chi connectivity index (χ4v) is 7.15. The lowest BCUT2D eigenvalue weighted by Crippen LogP contribution is -2.58. The molecular formula is C25H33N3O. The molecule has 1 aromatic carbocycles. The van der Waals surface area contributed by atoms with Gasteiger partial charge in [0.25, 0.3) is 0 Å². The normalized spacial score (nSPS) is 32.8. The highest BCUT2D eigenvalue weighted by atomic mass is 16.1. The second kappa shape index (κ2) is 7.16. The number of hydrogen-bond acceptors (Lipinski definition) is 3. The number of piperidine rings is 2. The number of fused-ring (bicyclic) bond motifs is 1. The van der Waals surface area contributed by atoms with E-state index in [-0.39, 0.29) is 5.91 Å². The van der Waals surface area contributed by atoms with Crippen LogP contribution < -0.4 is 10.2 Å². The first-order chi connectivity index (χ1) is 14.3. The van der Waals surface area contributed by atoms with Gasteiger partial charge in [0.15, 0.2) is 0 Å². The average Bonchev–Trinajstić information content (AvgIpc) is 2.94. The van der Waals surface area contributed by atoms with Crippen molar-refractivity contribution >= 4 is 17.3 Å². The summed E-state index contributed by atoms with van der Waals surface area (Å²) in [5.41, 5.74) is 5.12. The Morgan fingerprint density at radius 3 is 2.28 bits per heavy atom. The van der Waals surface area contributed by atoms with Crippen LogP contribution in [0.2, 0.25) is 0 Å². The Labute approximate surface area is 174 Å². The zero-order chi connectivity index (χ0) is 19.4. The quantitative estimate of drug-likeness (QED) is 0.714. The number of rotatable bonds is 1. The van der Waals surface area contributed by atoms with Crippen LogP contribution in [0, 0.1) is 0 Å². The van der Waals surface area contributed by atoms with Crippen molar-refractivity contribution in [2.45, 2.75) is 101 Å². The highest BCUT2D eigenvalue weighted by Crippen LogP contribution is 2.50. The van der Waals surface area contributed by atoms with Crippen LogP contribution in [0.1, 0.15) is 77.0 Å². The number of hydrogen-bond donors (Lipinski definition) is 1. The lowest BCUT2D eigenvalue weighted by molar-refractivity contribution is -0.115. The maximum atomic E-state index is 12.7. The molecule has 1 aliphatic carbocycles. The number of benzene rings is 1. The lowest BCUT2D eigenvalue weighted by atomic mass is 9.78. The number of anilines is 2. The molecule has 7 rings (SSSR count). The zero-order valence-corrected chi connectivity index (χ0v) is 17.4. The highest BCUT2D eigenvalue weighted by Gasteiger charge is 2.49. The van der Waals surface area contributed by atoms with Gasteiger partial charge >= 0.3 is 0 Å². The number of nitrogens with zero attached hydrogens (tertiary/aromatic N) is 2. The van der Waals surface area contributed by atoms with Crippen molar-refractivity contribution in [3.63, 3.8) is 0 Å². The minimum absolute atomic E-state index is 0.153. The van der Waals surface area contributed by atoms with Gasteiger partial charge in [-0.2, -0.15) is 0 Å². The number of para-hydroxylation sites is 2. The SMILES string of the molecule is O=C1CC2=C3C[C@@H]4CC(C[C@H](C3)N4C3CCCCCCC3)N2c2ccccc2N1. The Balaban J connectivity index is 1.36. The monoisotopic (exact) mass is 391 g/mol. The van der Waals surface area contributed by atoms with E-state index in [1.807, 2.05) is 6.07 Å². The molecule has 5 aliphatic heterocycles. The molecule has 4 bridgehead atoms. The molecule has 4 nitrogen and oxygen atoms in total. The summed E-state index contributed by atoms with van der Waals surface area (Å²) in [5, 5.41) is 3.16. The molecule has 29 heavy (non-hydrogen) atoms. The van der Waals surface area contributed by atoms with Crippen molar-refractivity contribution in [3.05, 3.63) is 35.5 Å². The topological polar surface area (TPSA) is 35.6 Å². The molecule has 1 N–H and O–H groups in total. The van der Waals surface area contributed by atoms with Crippen molar-refractivity contribution in [3.8, 4) is 0 Å². The minimum Gasteiger partial charge on any atom is -0.340 e. The summed E-state index contributed by atoms with van der Waals surface area (Å²) in [7, 11) is 0. The number of carbonyl (C=O) groups excluding carboxylic acids is 1. The van der Waals surface area contributed by atoms with E-state index in [9.17, 15) is 4.79 Å². The summed E-state index contributed by atoms with van der Waals surface area (Å²) in [6.45, 7) is 0. The van der Waals surface area contributed by atoms with Crippen LogP contribution in [0.3, 0.4) is 0 Å². The summed E-state index contributed by atoms with van der Waals surface area (Å²) in [6.07, 6.45) is 15.3. The summed E-state index contributed by atoms with van der Waals surface area (Å²) >= 11 is 0. The Morgan fingerprint density at radius 1 is 0.828 bits per heavy atom. The van der Waals surface area contributed by atoms with Gasteiger partial charge in [-0.25, -0.2) is 0 Å². The van der Waals surface area contributed by atoms with E-state index in [1.165, 1.54) is 82.0 Å². The van der Waals surface area contributed by atoms with E-state index in [0.717, 1.165) is 11.7 Å². The summed E-state index contributed by atoms with van der Waals surface area (Å²) in [6, 6.07) is 11.1. The van der Waals surface area contributed by atoms with Gasteiger partial charge in [-0.15, -0.1) is 0 Å². The molecule has 1 unspecified atom stereocenters.